The van der Waals surface area contributed by atoms with Crippen molar-refractivity contribution in [2.75, 3.05) is 0 Å². The number of hydrogen-bond donors (Lipinski definition) is 2. The van der Waals surface area contributed by atoms with E-state index in [1.165, 1.54) is 18.1 Å². The minimum Gasteiger partial charge on any atom is -0.478 e. The molecule has 0 rings (SSSR count). The van der Waals surface area contributed by atoms with Gasteiger partial charge in [0.2, 0.25) is 0 Å². The highest BCUT2D eigenvalue weighted by molar-refractivity contribution is 5.98. The van der Waals surface area contributed by atoms with Gasteiger partial charge in [0.15, 0.2) is 0 Å². The van der Waals surface area contributed by atoms with E-state index in [1.54, 1.807) is 0 Å². The largest absolute Gasteiger partial charge is 0.478 e. The molecule has 0 saturated carbocycles. The van der Waals surface area contributed by atoms with Crippen LogP contribution in [0.4, 0.5) is 0 Å². The van der Waals surface area contributed by atoms with Crippen LogP contribution in [0, 0.1) is 0 Å². The van der Waals surface area contributed by atoms with Crippen LogP contribution < -0.4 is 0 Å². The van der Waals surface area contributed by atoms with Crippen LogP contribution in [-0.2, 0) is 9.59 Å². The Kier molecular flexibility index (Phi) is 8.29. The standard InChI is InChI=1S/C16H24O4/c1-11(2)7-5-8-12(3)9-6-10-14(16(19)20)13(4)15(17)18/h7,9H,5-6,8,10H2,1-4H3,(H,17,18)(H,19,20)/b12-9-,14-13+. The second-order valence-electron chi connectivity index (χ2n) is 5.12. The van der Waals surface area contributed by atoms with Crippen molar-refractivity contribution in [1.29, 1.82) is 0 Å². The van der Waals surface area contributed by atoms with Crippen LogP contribution in [0.25, 0.3) is 0 Å². The zero-order valence-corrected chi connectivity index (χ0v) is 12.7. The minimum atomic E-state index is -1.17. The first-order valence-corrected chi connectivity index (χ1v) is 6.71. The fraction of sp³-hybridized carbons (Fsp3) is 0.500. The summed E-state index contributed by atoms with van der Waals surface area (Å²) < 4.78 is 0. The molecule has 0 unspecified atom stereocenters. The molecule has 0 radical (unpaired) electrons. The van der Waals surface area contributed by atoms with Crippen molar-refractivity contribution in [2.45, 2.75) is 53.4 Å². The number of allylic oxidation sites excluding steroid dienone is 4. The Labute approximate surface area is 120 Å². The van der Waals surface area contributed by atoms with E-state index in [0.29, 0.717) is 6.42 Å². The van der Waals surface area contributed by atoms with Crippen molar-refractivity contribution in [2.24, 2.45) is 0 Å². The number of hydrogen-bond acceptors (Lipinski definition) is 2. The van der Waals surface area contributed by atoms with Crippen molar-refractivity contribution >= 4 is 11.9 Å². The molecule has 0 atom stereocenters. The van der Waals surface area contributed by atoms with Crippen LogP contribution in [0.3, 0.4) is 0 Å². The Bertz CT molecular complexity index is 449. The fourth-order valence-corrected chi connectivity index (χ4v) is 1.74. The van der Waals surface area contributed by atoms with Gasteiger partial charge >= 0.3 is 11.9 Å². The number of carboxylic acid groups (broad SMARTS) is 2. The number of carbonyl (C=O) groups is 2. The molecule has 0 aliphatic carbocycles. The molecule has 0 aromatic carbocycles. The number of aliphatic carboxylic acids is 2. The summed E-state index contributed by atoms with van der Waals surface area (Å²) in [6, 6.07) is 0. The van der Waals surface area contributed by atoms with Crippen LogP contribution in [-0.4, -0.2) is 22.2 Å². The molecular weight excluding hydrogens is 256 g/mol. The molecule has 0 spiro atoms. The van der Waals surface area contributed by atoms with Gasteiger partial charge in [-0.1, -0.05) is 23.3 Å². The van der Waals surface area contributed by atoms with Gasteiger partial charge in [-0.2, -0.15) is 0 Å². The van der Waals surface area contributed by atoms with E-state index in [4.69, 9.17) is 10.2 Å². The maximum Gasteiger partial charge on any atom is 0.332 e. The Morgan fingerprint density at radius 3 is 1.85 bits per heavy atom. The van der Waals surface area contributed by atoms with Gasteiger partial charge in [0, 0.05) is 11.1 Å². The third-order valence-corrected chi connectivity index (χ3v) is 3.01. The van der Waals surface area contributed by atoms with Crippen LogP contribution in [0.15, 0.2) is 34.4 Å². The molecule has 0 aromatic heterocycles. The maximum absolute atomic E-state index is 11.0. The van der Waals surface area contributed by atoms with Crippen molar-refractivity contribution in [3.8, 4) is 0 Å². The number of rotatable bonds is 8. The second kappa shape index (κ2) is 9.13. The Morgan fingerprint density at radius 2 is 1.40 bits per heavy atom. The lowest BCUT2D eigenvalue weighted by Crippen LogP contribution is -2.09. The zero-order chi connectivity index (χ0) is 15.7. The summed E-state index contributed by atoms with van der Waals surface area (Å²) in [5.41, 5.74) is 2.37. The van der Waals surface area contributed by atoms with Crippen LogP contribution >= 0.6 is 0 Å². The van der Waals surface area contributed by atoms with Crippen LogP contribution in [0.1, 0.15) is 53.4 Å². The van der Waals surface area contributed by atoms with E-state index in [9.17, 15) is 9.59 Å². The average molecular weight is 280 g/mol. The summed E-state index contributed by atoms with van der Waals surface area (Å²) in [7, 11) is 0. The zero-order valence-electron chi connectivity index (χ0n) is 12.7. The monoisotopic (exact) mass is 280 g/mol. The smallest absolute Gasteiger partial charge is 0.332 e. The van der Waals surface area contributed by atoms with Gasteiger partial charge in [-0.05, 0) is 53.4 Å². The lowest BCUT2D eigenvalue weighted by atomic mass is 10.0. The van der Waals surface area contributed by atoms with Gasteiger partial charge in [0.05, 0.1) is 0 Å². The van der Waals surface area contributed by atoms with Crippen molar-refractivity contribution in [3.05, 3.63) is 34.4 Å². The molecule has 0 aliphatic rings. The third kappa shape index (κ3) is 7.56. The molecule has 20 heavy (non-hydrogen) atoms. The van der Waals surface area contributed by atoms with Crippen LogP contribution in [0.5, 0.6) is 0 Å². The lowest BCUT2D eigenvalue weighted by molar-refractivity contribution is -0.136. The minimum absolute atomic E-state index is 0.0224. The van der Waals surface area contributed by atoms with E-state index in [-0.39, 0.29) is 17.6 Å². The molecule has 0 amide bonds. The molecule has 0 aromatic rings. The maximum atomic E-state index is 11.0. The van der Waals surface area contributed by atoms with Gasteiger partial charge < -0.3 is 10.2 Å². The van der Waals surface area contributed by atoms with Gasteiger partial charge in [-0.3, -0.25) is 0 Å². The Balaban J connectivity index is 4.52. The van der Waals surface area contributed by atoms with E-state index in [2.05, 4.69) is 19.9 Å². The molecule has 112 valence electrons. The summed E-state index contributed by atoms with van der Waals surface area (Å²) in [5, 5.41) is 17.8. The van der Waals surface area contributed by atoms with Crippen molar-refractivity contribution < 1.29 is 19.8 Å². The predicted octanol–water partition coefficient (Wildman–Crippen LogP) is 3.95. The highest BCUT2D eigenvalue weighted by atomic mass is 16.4. The first-order valence-electron chi connectivity index (χ1n) is 6.71. The summed E-state index contributed by atoms with van der Waals surface area (Å²) in [4.78, 5) is 21.8. The Morgan fingerprint density at radius 1 is 0.850 bits per heavy atom. The van der Waals surface area contributed by atoms with E-state index >= 15 is 0 Å². The molecule has 0 bridgehead atoms. The SMILES string of the molecule is CC(C)=CCC/C(C)=C\CC/C(C(=O)O)=C(/C)C(=O)O. The fourth-order valence-electron chi connectivity index (χ4n) is 1.74. The molecule has 4 nitrogen and oxygen atoms in total. The number of carboxylic acids is 2. The molecule has 0 heterocycles. The van der Waals surface area contributed by atoms with E-state index in [0.717, 1.165) is 12.8 Å². The summed E-state index contributed by atoms with van der Waals surface area (Å²) in [5.74, 6) is -2.33. The second-order valence-corrected chi connectivity index (χ2v) is 5.12. The van der Waals surface area contributed by atoms with Gasteiger partial charge in [0.25, 0.3) is 0 Å². The molecular formula is C16H24O4. The highest BCUT2D eigenvalue weighted by Crippen LogP contribution is 2.15. The van der Waals surface area contributed by atoms with E-state index < -0.39 is 11.9 Å². The molecule has 2 N–H and O–H groups in total. The first kappa shape index (κ1) is 18.2. The lowest BCUT2D eigenvalue weighted by Gasteiger charge is -2.04. The highest BCUT2D eigenvalue weighted by Gasteiger charge is 2.15. The van der Waals surface area contributed by atoms with Crippen molar-refractivity contribution in [1.82, 2.24) is 0 Å². The predicted molar refractivity (Wildman–Crippen MR) is 79.6 cm³/mol. The normalized spacial score (nSPS) is 12.7. The molecule has 0 fully saturated rings. The quantitative estimate of drug-likeness (QED) is 0.521. The molecule has 0 aliphatic heterocycles. The molecule has 4 heteroatoms. The average Bonchev–Trinajstić information content (AvgIpc) is 2.32. The van der Waals surface area contributed by atoms with Crippen molar-refractivity contribution in [3.63, 3.8) is 0 Å². The summed E-state index contributed by atoms with van der Waals surface area (Å²) in [6.45, 7) is 7.44. The molecule has 0 saturated heterocycles. The van der Waals surface area contributed by atoms with Gasteiger partial charge in [0.1, 0.15) is 0 Å². The topological polar surface area (TPSA) is 74.6 Å². The van der Waals surface area contributed by atoms with Gasteiger partial charge in [-0.15, -0.1) is 0 Å². The third-order valence-electron chi connectivity index (χ3n) is 3.01. The van der Waals surface area contributed by atoms with Crippen LogP contribution in [0.2, 0.25) is 0 Å². The Hall–Kier alpha value is -1.84. The summed E-state index contributed by atoms with van der Waals surface area (Å²) >= 11 is 0. The summed E-state index contributed by atoms with van der Waals surface area (Å²) in [6.07, 6.45) is 6.85. The van der Waals surface area contributed by atoms with Gasteiger partial charge in [-0.25, -0.2) is 9.59 Å². The van der Waals surface area contributed by atoms with E-state index in [1.807, 2.05) is 13.0 Å². The first-order chi connectivity index (χ1) is 9.25.